The molecular weight excluding hydrogens is 460 g/mol. The number of thiophene rings is 1. The Hall–Kier alpha value is -2.12. The van der Waals surface area contributed by atoms with Gasteiger partial charge >= 0.3 is 0 Å². The molecule has 1 aliphatic heterocycles. The average molecular weight is 493 g/mol. The first-order chi connectivity index (χ1) is 16.6. The van der Waals surface area contributed by atoms with Crippen molar-refractivity contribution >= 4 is 34.7 Å². The summed E-state index contributed by atoms with van der Waals surface area (Å²) in [6, 6.07) is 12.9. The second-order valence-electron chi connectivity index (χ2n) is 10.2. The third kappa shape index (κ3) is 3.91. The van der Waals surface area contributed by atoms with Crippen molar-refractivity contribution in [3.63, 3.8) is 0 Å². The molecular formula is C27H32N4OS2. The second-order valence-corrected chi connectivity index (χ2v) is 12.5. The van der Waals surface area contributed by atoms with Crippen LogP contribution >= 0.6 is 23.1 Å². The number of thioether (sulfide) groups is 1. The fourth-order valence-electron chi connectivity index (χ4n) is 6.57. The third-order valence-electron chi connectivity index (χ3n) is 8.23. The van der Waals surface area contributed by atoms with Gasteiger partial charge in [0.05, 0.1) is 10.1 Å². The lowest BCUT2D eigenvalue weighted by Gasteiger charge is -2.32. The number of rotatable bonds is 6. The number of aryl methyl sites for hydroxylation is 1. The first kappa shape index (κ1) is 22.4. The van der Waals surface area contributed by atoms with Gasteiger partial charge in [-0.3, -0.25) is 9.36 Å². The lowest BCUT2D eigenvalue weighted by atomic mass is 9.84. The maximum absolute atomic E-state index is 13.6. The Balaban J connectivity index is 1.29. The number of nitrogens with zero attached hydrogens (tertiary/aromatic N) is 4. The summed E-state index contributed by atoms with van der Waals surface area (Å²) in [5, 5.41) is 12.1. The lowest BCUT2D eigenvalue weighted by molar-refractivity contribution is -0.117. The summed E-state index contributed by atoms with van der Waals surface area (Å²) in [4.78, 5) is 16.7. The molecule has 3 aliphatic rings. The fourth-order valence-corrected chi connectivity index (χ4v) is 8.27. The van der Waals surface area contributed by atoms with Crippen LogP contribution in [0.2, 0.25) is 0 Å². The molecule has 0 unspecified atom stereocenters. The summed E-state index contributed by atoms with van der Waals surface area (Å²) in [6.07, 6.45) is 7.52. The van der Waals surface area contributed by atoms with E-state index in [4.69, 9.17) is 0 Å². The largest absolute Gasteiger partial charge is 0.311 e. The molecule has 0 N–H and O–H groups in total. The zero-order valence-corrected chi connectivity index (χ0v) is 21.5. The van der Waals surface area contributed by atoms with Crippen molar-refractivity contribution in [2.75, 3.05) is 11.4 Å². The zero-order chi connectivity index (χ0) is 23.2. The van der Waals surface area contributed by atoms with E-state index in [1.807, 2.05) is 17.9 Å². The molecule has 5 nitrogen and oxygen atoms in total. The normalized spacial score (nSPS) is 25.4. The molecule has 5 atom stereocenters. The van der Waals surface area contributed by atoms with Gasteiger partial charge in [0.25, 0.3) is 0 Å². The van der Waals surface area contributed by atoms with Gasteiger partial charge < -0.3 is 4.90 Å². The summed E-state index contributed by atoms with van der Waals surface area (Å²) in [7, 11) is 0. The van der Waals surface area contributed by atoms with Gasteiger partial charge in [-0.1, -0.05) is 42.4 Å². The van der Waals surface area contributed by atoms with Crippen molar-refractivity contribution in [3.8, 4) is 10.7 Å². The van der Waals surface area contributed by atoms with Crippen molar-refractivity contribution in [3.05, 3.63) is 47.3 Å². The van der Waals surface area contributed by atoms with Crippen LogP contribution in [0.15, 0.2) is 46.9 Å². The molecule has 2 aliphatic carbocycles. The number of fused-ring (bicyclic) bond motifs is 3. The van der Waals surface area contributed by atoms with E-state index in [0.29, 0.717) is 12.0 Å². The Morgan fingerprint density at radius 1 is 1.12 bits per heavy atom. The van der Waals surface area contributed by atoms with Gasteiger partial charge in [-0.05, 0) is 86.8 Å². The molecule has 3 aromatic rings. The van der Waals surface area contributed by atoms with Crippen molar-refractivity contribution in [2.24, 2.45) is 17.8 Å². The van der Waals surface area contributed by atoms with Gasteiger partial charge in [-0.15, -0.1) is 21.5 Å². The zero-order valence-electron chi connectivity index (χ0n) is 19.9. The molecule has 7 heteroatoms. The quantitative estimate of drug-likeness (QED) is 0.370. The molecule has 1 aromatic carbocycles. The highest BCUT2D eigenvalue weighted by Gasteiger charge is 2.43. The highest BCUT2D eigenvalue weighted by molar-refractivity contribution is 8.00. The molecule has 2 saturated carbocycles. The summed E-state index contributed by atoms with van der Waals surface area (Å²) < 4.78 is 2.36. The van der Waals surface area contributed by atoms with Crippen LogP contribution in [0.1, 0.15) is 57.6 Å². The predicted molar refractivity (Wildman–Crippen MR) is 139 cm³/mol. The fraction of sp³-hybridized carbons (Fsp3) is 0.519. The van der Waals surface area contributed by atoms with E-state index in [1.54, 1.807) is 23.1 Å². The molecule has 1 amide bonds. The van der Waals surface area contributed by atoms with E-state index in [0.717, 1.165) is 52.8 Å². The highest BCUT2D eigenvalue weighted by Crippen LogP contribution is 2.53. The topological polar surface area (TPSA) is 51.0 Å². The minimum Gasteiger partial charge on any atom is -0.311 e. The van der Waals surface area contributed by atoms with Crippen LogP contribution in [0.5, 0.6) is 0 Å². The van der Waals surface area contributed by atoms with Crippen LogP contribution in [-0.4, -0.2) is 32.5 Å². The monoisotopic (exact) mass is 492 g/mol. The van der Waals surface area contributed by atoms with Crippen LogP contribution < -0.4 is 4.90 Å². The minimum absolute atomic E-state index is 0.164. The number of hydrogen-bond acceptors (Lipinski definition) is 5. The van der Waals surface area contributed by atoms with E-state index < -0.39 is 0 Å². The molecule has 178 valence electrons. The minimum atomic E-state index is -0.225. The number of aromatic nitrogens is 3. The highest BCUT2D eigenvalue weighted by atomic mass is 32.2. The van der Waals surface area contributed by atoms with Gasteiger partial charge in [0.1, 0.15) is 0 Å². The molecule has 0 spiro atoms. The van der Waals surface area contributed by atoms with Crippen LogP contribution in [-0.2, 0) is 11.2 Å². The van der Waals surface area contributed by atoms with Gasteiger partial charge in [0.2, 0.25) is 5.91 Å². The number of hydrogen-bond donors (Lipinski definition) is 0. The van der Waals surface area contributed by atoms with Crippen molar-refractivity contribution in [1.29, 1.82) is 0 Å². The molecule has 34 heavy (non-hydrogen) atoms. The maximum Gasteiger partial charge on any atom is 0.240 e. The standard InChI is InChI=1S/C27H32N4OS2/c1-17(22-16-19-11-12-21(22)15-19)31-25(24-10-6-14-33-24)28-29-27(31)34-18(2)26(32)30-13-5-8-20-7-3-4-9-23(20)30/h3-4,6-7,9-10,14,17-19,21-22H,5,8,11-13,15-16H2,1-2H3/t17-,18-,19-,21-,22+/m0/s1. The molecule has 2 aromatic heterocycles. The first-order valence-corrected chi connectivity index (χ1v) is 14.4. The Bertz CT molecular complexity index is 1170. The van der Waals surface area contributed by atoms with E-state index in [2.05, 4.69) is 57.4 Å². The SMILES string of the molecule is C[C@H](Sc1nnc(-c2cccs2)n1[C@@H](C)[C@H]1C[C@H]2CC[C@H]1C2)C(=O)N1CCCc2ccccc21. The van der Waals surface area contributed by atoms with Crippen molar-refractivity contribution in [1.82, 2.24) is 14.8 Å². The van der Waals surface area contributed by atoms with E-state index in [1.165, 1.54) is 31.2 Å². The van der Waals surface area contributed by atoms with Crippen LogP contribution in [0.25, 0.3) is 10.7 Å². The predicted octanol–water partition coefficient (Wildman–Crippen LogP) is 6.46. The van der Waals surface area contributed by atoms with Crippen LogP contribution in [0.3, 0.4) is 0 Å². The molecule has 2 fully saturated rings. The number of carbonyl (C=O) groups is 1. The Morgan fingerprint density at radius 2 is 2.00 bits per heavy atom. The average Bonchev–Trinajstić information content (AvgIpc) is 3.67. The van der Waals surface area contributed by atoms with Crippen LogP contribution in [0.4, 0.5) is 5.69 Å². The molecule has 0 saturated heterocycles. The Labute approximate surface area is 210 Å². The molecule has 2 bridgehead atoms. The summed E-state index contributed by atoms with van der Waals surface area (Å²) in [5.41, 5.74) is 2.34. The van der Waals surface area contributed by atoms with Crippen molar-refractivity contribution < 1.29 is 4.79 Å². The van der Waals surface area contributed by atoms with Gasteiger partial charge in [0.15, 0.2) is 11.0 Å². The summed E-state index contributed by atoms with van der Waals surface area (Å²) >= 11 is 3.29. The van der Waals surface area contributed by atoms with Gasteiger partial charge in [0, 0.05) is 18.3 Å². The Morgan fingerprint density at radius 3 is 2.76 bits per heavy atom. The number of benzene rings is 1. The second kappa shape index (κ2) is 9.15. The maximum atomic E-state index is 13.6. The van der Waals surface area contributed by atoms with E-state index >= 15 is 0 Å². The number of para-hydroxylation sites is 1. The summed E-state index contributed by atoms with van der Waals surface area (Å²) in [6.45, 7) is 5.16. The van der Waals surface area contributed by atoms with Gasteiger partial charge in [-0.25, -0.2) is 0 Å². The molecule has 0 radical (unpaired) electrons. The van der Waals surface area contributed by atoms with Crippen LogP contribution in [0, 0.1) is 17.8 Å². The molecule has 3 heterocycles. The first-order valence-electron chi connectivity index (χ1n) is 12.6. The van der Waals surface area contributed by atoms with Gasteiger partial charge in [-0.2, -0.15) is 0 Å². The van der Waals surface area contributed by atoms with E-state index in [9.17, 15) is 4.79 Å². The number of anilines is 1. The Kier molecular flexibility index (Phi) is 6.02. The third-order valence-corrected chi connectivity index (χ3v) is 10.1. The number of carbonyl (C=O) groups excluding carboxylic acids is 1. The van der Waals surface area contributed by atoms with E-state index in [-0.39, 0.29) is 11.2 Å². The molecule has 6 rings (SSSR count). The smallest absolute Gasteiger partial charge is 0.240 e. The summed E-state index contributed by atoms with van der Waals surface area (Å²) in [5.74, 6) is 3.51. The number of amides is 1. The van der Waals surface area contributed by atoms with Crippen molar-refractivity contribution in [2.45, 2.75) is 68.8 Å². The lowest BCUT2D eigenvalue weighted by Crippen LogP contribution is -2.40.